The van der Waals surface area contributed by atoms with Crippen LogP contribution >= 0.6 is 0 Å². The normalized spacial score (nSPS) is 24.0. The number of benzene rings is 1. The maximum Gasteiger partial charge on any atom is 0.127 e. The van der Waals surface area contributed by atoms with E-state index in [4.69, 9.17) is 4.74 Å². The maximum atomic E-state index is 9.77. The topological polar surface area (TPSA) is 69.1 Å². The fraction of sp³-hybridized carbons (Fsp3) is 0.458. The molecule has 1 atom stereocenters. The van der Waals surface area contributed by atoms with Crippen LogP contribution in [0.4, 0.5) is 0 Å². The second-order valence-electron chi connectivity index (χ2n) is 8.03. The third-order valence-corrected chi connectivity index (χ3v) is 5.98. The molecular weight excluding hydrogens is 360 g/mol. The van der Waals surface area contributed by atoms with Gasteiger partial charge in [-0.25, -0.2) is 0 Å². The quantitative estimate of drug-likeness (QED) is 0.671. The number of nitriles is 1. The summed E-state index contributed by atoms with van der Waals surface area (Å²) in [5.74, 6) is 3.34. The standard InChI is InChI=1S/C24H30N4O/c25-17-20(24-27-15-12-23(28-24)19-10-13-26-14-11-19)16-18-6-8-22(9-7-18)29-21-4-2-1-3-5-21/h2,4-9,19,23,26-28H,1,3,10-16H2/b24-20+. The summed E-state index contributed by atoms with van der Waals surface area (Å²) in [4.78, 5) is 0. The summed E-state index contributed by atoms with van der Waals surface area (Å²) in [5, 5.41) is 20.3. The van der Waals surface area contributed by atoms with Gasteiger partial charge in [0.05, 0.1) is 11.6 Å². The van der Waals surface area contributed by atoms with Gasteiger partial charge in [0.15, 0.2) is 0 Å². The average molecular weight is 391 g/mol. The van der Waals surface area contributed by atoms with Crippen molar-refractivity contribution in [3.05, 3.63) is 65.2 Å². The third kappa shape index (κ3) is 5.21. The van der Waals surface area contributed by atoms with Crippen LogP contribution in [0.15, 0.2) is 59.6 Å². The van der Waals surface area contributed by atoms with E-state index in [0.717, 1.165) is 67.4 Å². The molecule has 0 amide bonds. The molecule has 0 radical (unpaired) electrons. The number of allylic oxidation sites excluding steroid dienone is 4. The Morgan fingerprint density at radius 1 is 1.07 bits per heavy atom. The van der Waals surface area contributed by atoms with Crippen molar-refractivity contribution in [3.8, 4) is 11.8 Å². The minimum absolute atomic E-state index is 0.462. The largest absolute Gasteiger partial charge is 0.458 e. The Morgan fingerprint density at radius 2 is 1.90 bits per heavy atom. The van der Waals surface area contributed by atoms with Gasteiger partial charge in [0.2, 0.25) is 0 Å². The fourth-order valence-electron chi connectivity index (χ4n) is 4.32. The highest BCUT2D eigenvalue weighted by Gasteiger charge is 2.27. The molecule has 2 fully saturated rings. The minimum Gasteiger partial charge on any atom is -0.458 e. The van der Waals surface area contributed by atoms with Crippen LogP contribution in [0, 0.1) is 17.2 Å². The van der Waals surface area contributed by atoms with Crippen molar-refractivity contribution in [3.63, 3.8) is 0 Å². The van der Waals surface area contributed by atoms with Crippen molar-refractivity contribution in [1.82, 2.24) is 16.0 Å². The predicted molar refractivity (Wildman–Crippen MR) is 115 cm³/mol. The van der Waals surface area contributed by atoms with Gasteiger partial charge < -0.3 is 20.7 Å². The molecule has 1 aliphatic carbocycles. The first-order valence-corrected chi connectivity index (χ1v) is 10.8. The van der Waals surface area contributed by atoms with Crippen molar-refractivity contribution in [2.24, 2.45) is 5.92 Å². The van der Waals surface area contributed by atoms with Gasteiger partial charge in [-0.15, -0.1) is 0 Å². The van der Waals surface area contributed by atoms with Crippen LogP contribution in [0.2, 0.25) is 0 Å². The Kier molecular flexibility index (Phi) is 6.53. The van der Waals surface area contributed by atoms with E-state index in [0.29, 0.717) is 18.4 Å². The third-order valence-electron chi connectivity index (χ3n) is 5.98. The van der Waals surface area contributed by atoms with Crippen LogP contribution in [-0.4, -0.2) is 25.7 Å². The van der Waals surface area contributed by atoms with E-state index in [1.165, 1.54) is 12.8 Å². The molecule has 0 spiro atoms. The lowest BCUT2D eigenvalue weighted by atomic mass is 9.87. The summed E-state index contributed by atoms with van der Waals surface area (Å²) in [6.45, 7) is 3.13. The zero-order valence-corrected chi connectivity index (χ0v) is 16.9. The first-order valence-electron chi connectivity index (χ1n) is 10.8. The van der Waals surface area contributed by atoms with E-state index < -0.39 is 0 Å². The molecule has 0 saturated carbocycles. The smallest absolute Gasteiger partial charge is 0.127 e. The van der Waals surface area contributed by atoms with E-state index in [-0.39, 0.29) is 0 Å². The predicted octanol–water partition coefficient (Wildman–Crippen LogP) is 3.53. The first-order chi connectivity index (χ1) is 14.3. The second kappa shape index (κ2) is 9.67. The lowest BCUT2D eigenvalue weighted by molar-refractivity contribution is 0.260. The summed E-state index contributed by atoms with van der Waals surface area (Å²) in [5.41, 5.74) is 1.89. The molecule has 5 nitrogen and oxygen atoms in total. The zero-order valence-electron chi connectivity index (χ0n) is 16.9. The number of piperidine rings is 1. The minimum atomic E-state index is 0.462. The van der Waals surface area contributed by atoms with Gasteiger partial charge in [-0.3, -0.25) is 0 Å². The maximum absolute atomic E-state index is 9.77. The van der Waals surface area contributed by atoms with Crippen LogP contribution in [0.25, 0.3) is 0 Å². The van der Waals surface area contributed by atoms with Crippen LogP contribution in [-0.2, 0) is 6.42 Å². The van der Waals surface area contributed by atoms with Gasteiger partial charge in [-0.1, -0.05) is 18.2 Å². The molecule has 2 saturated heterocycles. The molecule has 3 N–H and O–H groups in total. The Labute approximate surface area is 173 Å². The number of nitrogens with one attached hydrogen (secondary N) is 3. The van der Waals surface area contributed by atoms with Crippen LogP contribution in [0.5, 0.6) is 5.75 Å². The van der Waals surface area contributed by atoms with Crippen molar-refractivity contribution >= 4 is 0 Å². The van der Waals surface area contributed by atoms with Crippen LogP contribution < -0.4 is 20.7 Å². The second-order valence-corrected chi connectivity index (χ2v) is 8.03. The molecule has 1 aromatic carbocycles. The van der Waals surface area contributed by atoms with Gasteiger partial charge in [0.1, 0.15) is 17.3 Å². The van der Waals surface area contributed by atoms with Crippen LogP contribution in [0.3, 0.4) is 0 Å². The van der Waals surface area contributed by atoms with Crippen LogP contribution in [0.1, 0.15) is 37.7 Å². The number of ether oxygens (including phenoxy) is 1. The van der Waals surface area contributed by atoms with Gasteiger partial charge in [0.25, 0.3) is 0 Å². The lowest BCUT2D eigenvalue weighted by Crippen LogP contribution is -2.49. The average Bonchev–Trinajstić information content (AvgIpc) is 2.80. The molecule has 0 bridgehead atoms. The van der Waals surface area contributed by atoms with E-state index in [9.17, 15) is 5.26 Å². The van der Waals surface area contributed by atoms with Crippen molar-refractivity contribution in [2.45, 2.75) is 44.6 Å². The number of hydrogen-bond donors (Lipinski definition) is 3. The molecule has 2 heterocycles. The Hall–Kier alpha value is -2.71. The summed E-state index contributed by atoms with van der Waals surface area (Å²) >= 11 is 0. The van der Waals surface area contributed by atoms with Gasteiger partial charge in [-0.2, -0.15) is 5.26 Å². The Bertz CT molecular complexity index is 825. The summed E-state index contributed by atoms with van der Waals surface area (Å²) in [6, 6.07) is 10.9. The van der Waals surface area contributed by atoms with Gasteiger partial charge in [-0.05, 0) is 81.0 Å². The monoisotopic (exact) mass is 390 g/mol. The number of hydrogen-bond acceptors (Lipinski definition) is 5. The van der Waals surface area contributed by atoms with E-state index in [1.807, 2.05) is 30.3 Å². The highest BCUT2D eigenvalue weighted by atomic mass is 16.5. The molecule has 3 aliphatic rings. The highest BCUT2D eigenvalue weighted by molar-refractivity contribution is 5.37. The zero-order chi connectivity index (χ0) is 19.9. The number of rotatable bonds is 5. The summed E-state index contributed by atoms with van der Waals surface area (Å²) in [6.07, 6.45) is 12.5. The first kappa shape index (κ1) is 19.6. The lowest BCUT2D eigenvalue weighted by Gasteiger charge is -2.36. The van der Waals surface area contributed by atoms with E-state index in [1.54, 1.807) is 0 Å². The molecule has 152 valence electrons. The molecule has 1 aromatic rings. The van der Waals surface area contributed by atoms with Gasteiger partial charge in [0, 0.05) is 19.0 Å². The molecule has 29 heavy (non-hydrogen) atoms. The molecular formula is C24H30N4O. The van der Waals surface area contributed by atoms with Crippen molar-refractivity contribution in [2.75, 3.05) is 19.6 Å². The summed E-state index contributed by atoms with van der Waals surface area (Å²) in [7, 11) is 0. The molecule has 1 unspecified atom stereocenters. The molecule has 2 aliphatic heterocycles. The highest BCUT2D eigenvalue weighted by Crippen LogP contribution is 2.23. The van der Waals surface area contributed by atoms with Crippen molar-refractivity contribution < 1.29 is 4.74 Å². The molecule has 4 rings (SSSR count). The molecule has 0 aromatic heterocycles. The van der Waals surface area contributed by atoms with E-state index in [2.05, 4.69) is 34.2 Å². The fourth-order valence-corrected chi connectivity index (χ4v) is 4.32. The SMILES string of the molecule is N#C/C(Cc1ccc(OC2=CCCC=C2)cc1)=C1\NCCC(C2CCNCC2)N1. The van der Waals surface area contributed by atoms with Crippen molar-refractivity contribution in [1.29, 1.82) is 5.26 Å². The Morgan fingerprint density at radius 3 is 2.62 bits per heavy atom. The van der Waals surface area contributed by atoms with Gasteiger partial charge >= 0.3 is 0 Å². The Balaban J connectivity index is 1.40. The number of nitrogens with zero attached hydrogens (tertiary/aromatic N) is 1. The molecule has 5 heteroatoms. The van der Waals surface area contributed by atoms with E-state index >= 15 is 0 Å². The summed E-state index contributed by atoms with van der Waals surface area (Å²) < 4.78 is 5.91.